The molecule has 8 nitrogen and oxygen atoms in total. The number of benzene rings is 1. The monoisotopic (exact) mass is 511 g/mol. The first-order valence-corrected chi connectivity index (χ1v) is 12.7. The summed E-state index contributed by atoms with van der Waals surface area (Å²) in [6.45, 7) is 5.90. The van der Waals surface area contributed by atoms with Crippen LogP contribution in [0.2, 0.25) is 0 Å². The first-order valence-electron chi connectivity index (χ1n) is 12.7. The van der Waals surface area contributed by atoms with Crippen LogP contribution in [0.15, 0.2) is 36.4 Å². The Kier molecular flexibility index (Phi) is 7.52. The number of carbonyl (C=O) groups is 3. The van der Waals surface area contributed by atoms with Crippen molar-refractivity contribution in [3.63, 3.8) is 0 Å². The van der Waals surface area contributed by atoms with Crippen molar-refractivity contribution in [3.05, 3.63) is 64.7 Å². The minimum Gasteiger partial charge on any atom is -0.481 e. The lowest BCUT2D eigenvalue weighted by Gasteiger charge is -2.41. The van der Waals surface area contributed by atoms with E-state index in [0.29, 0.717) is 12.3 Å². The third-order valence-corrected chi connectivity index (χ3v) is 6.78. The van der Waals surface area contributed by atoms with Crippen molar-refractivity contribution < 1.29 is 28.6 Å². The molecule has 1 saturated carbocycles. The highest BCUT2D eigenvalue weighted by molar-refractivity contribution is 5.93. The Morgan fingerprint density at radius 3 is 2.32 bits per heavy atom. The Hall–Kier alpha value is -3.49. The van der Waals surface area contributed by atoms with E-state index >= 15 is 0 Å². The number of ether oxygens (including phenoxy) is 1. The highest BCUT2D eigenvalue weighted by Gasteiger charge is 2.40. The Labute approximate surface area is 216 Å². The first kappa shape index (κ1) is 26.6. The van der Waals surface area contributed by atoms with Gasteiger partial charge in [0.1, 0.15) is 17.1 Å². The van der Waals surface area contributed by atoms with Crippen LogP contribution in [0.5, 0.6) is 0 Å². The molecular formula is C28H34FN3O5. The molecule has 0 atom stereocenters. The summed E-state index contributed by atoms with van der Waals surface area (Å²) >= 11 is 0. The molecule has 1 aliphatic carbocycles. The molecule has 2 aliphatic rings. The second-order valence-electron chi connectivity index (χ2n) is 11.1. The van der Waals surface area contributed by atoms with E-state index in [1.165, 1.54) is 12.1 Å². The summed E-state index contributed by atoms with van der Waals surface area (Å²) in [6, 6.07) is 9.83. The average Bonchev–Trinajstić information content (AvgIpc) is 3.65. The molecule has 0 radical (unpaired) electrons. The van der Waals surface area contributed by atoms with Crippen LogP contribution in [0.25, 0.3) is 0 Å². The number of aliphatic carboxylic acids is 1. The molecular weight excluding hydrogens is 477 g/mol. The number of rotatable bonds is 7. The number of piperidine rings is 1. The smallest absolute Gasteiger partial charge is 0.410 e. The van der Waals surface area contributed by atoms with Gasteiger partial charge in [-0.2, -0.15) is 0 Å². The van der Waals surface area contributed by atoms with Crippen molar-refractivity contribution >= 4 is 18.0 Å². The van der Waals surface area contributed by atoms with Gasteiger partial charge in [0.2, 0.25) is 0 Å². The third kappa shape index (κ3) is 7.05. The van der Waals surface area contributed by atoms with Gasteiger partial charge in [0, 0.05) is 25.2 Å². The Balaban J connectivity index is 1.50. The van der Waals surface area contributed by atoms with E-state index in [1.807, 2.05) is 6.07 Å². The lowest BCUT2D eigenvalue weighted by Crippen LogP contribution is -2.57. The van der Waals surface area contributed by atoms with Crippen LogP contribution in [-0.2, 0) is 16.0 Å². The Morgan fingerprint density at radius 1 is 1.11 bits per heavy atom. The highest BCUT2D eigenvalue weighted by Crippen LogP contribution is 2.41. The predicted octanol–water partition coefficient (Wildman–Crippen LogP) is 4.66. The average molecular weight is 512 g/mol. The number of pyridine rings is 1. The maximum atomic E-state index is 13.4. The molecule has 198 valence electrons. The predicted molar refractivity (Wildman–Crippen MR) is 135 cm³/mol. The standard InChI is InChI=1S/C28H34FN3O5/c1-27(2,3)37-26(36)32-14-12-28(13-15-32,17-24(33)34)31-25(35)22-11-10-21(19-6-7-19)23(30-22)16-18-4-8-20(29)9-5-18/h4-5,8-11,19H,6-7,12-17H2,1-3H3,(H,31,35)(H,33,34). The number of hydrogen-bond acceptors (Lipinski definition) is 5. The second-order valence-corrected chi connectivity index (χ2v) is 11.1. The van der Waals surface area contributed by atoms with E-state index in [-0.39, 0.29) is 43.9 Å². The summed E-state index contributed by atoms with van der Waals surface area (Å²) in [6.07, 6.45) is 2.46. The molecule has 2 N–H and O–H groups in total. The van der Waals surface area contributed by atoms with E-state index < -0.39 is 29.1 Å². The van der Waals surface area contributed by atoms with Crippen molar-refractivity contribution in [2.24, 2.45) is 0 Å². The number of carboxylic acids is 1. The van der Waals surface area contributed by atoms with Crippen LogP contribution in [0.4, 0.5) is 9.18 Å². The number of halogens is 1. The van der Waals surface area contributed by atoms with Crippen molar-refractivity contribution in [2.45, 2.75) is 76.4 Å². The van der Waals surface area contributed by atoms with Gasteiger partial charge in [-0.3, -0.25) is 9.59 Å². The van der Waals surface area contributed by atoms with Crippen LogP contribution in [0, 0.1) is 5.82 Å². The number of carboxylic acid groups (broad SMARTS) is 1. The number of nitrogens with zero attached hydrogens (tertiary/aromatic N) is 2. The lowest BCUT2D eigenvalue weighted by atomic mass is 9.84. The maximum Gasteiger partial charge on any atom is 0.410 e. The molecule has 4 rings (SSSR count). The molecule has 2 aromatic rings. The quantitative estimate of drug-likeness (QED) is 0.560. The number of amides is 2. The normalized spacial score (nSPS) is 17.2. The fourth-order valence-corrected chi connectivity index (χ4v) is 4.73. The van der Waals surface area contributed by atoms with Gasteiger partial charge in [0.25, 0.3) is 5.91 Å². The molecule has 0 spiro atoms. The van der Waals surface area contributed by atoms with Gasteiger partial charge in [-0.25, -0.2) is 14.2 Å². The summed E-state index contributed by atoms with van der Waals surface area (Å²) in [7, 11) is 0. The van der Waals surface area contributed by atoms with Gasteiger partial charge in [-0.15, -0.1) is 0 Å². The Bertz CT molecular complexity index is 1160. The van der Waals surface area contributed by atoms with Crippen LogP contribution >= 0.6 is 0 Å². The van der Waals surface area contributed by atoms with Crippen molar-refractivity contribution in [2.75, 3.05) is 13.1 Å². The summed E-state index contributed by atoms with van der Waals surface area (Å²) in [4.78, 5) is 43.7. The number of nitrogens with one attached hydrogen (secondary N) is 1. The minimum absolute atomic E-state index is 0.209. The third-order valence-electron chi connectivity index (χ3n) is 6.78. The Morgan fingerprint density at radius 2 is 1.76 bits per heavy atom. The van der Waals surface area contributed by atoms with Gasteiger partial charge in [-0.1, -0.05) is 18.2 Å². The fraction of sp³-hybridized carbons (Fsp3) is 0.500. The molecule has 2 fully saturated rings. The zero-order valence-corrected chi connectivity index (χ0v) is 21.6. The summed E-state index contributed by atoms with van der Waals surface area (Å²) in [5.41, 5.74) is 1.33. The van der Waals surface area contributed by atoms with E-state index in [9.17, 15) is 23.9 Å². The largest absolute Gasteiger partial charge is 0.481 e. The van der Waals surface area contributed by atoms with E-state index in [1.54, 1.807) is 43.9 Å². The topological polar surface area (TPSA) is 109 Å². The molecule has 9 heteroatoms. The van der Waals surface area contributed by atoms with Crippen LogP contribution in [0.1, 0.15) is 86.1 Å². The minimum atomic E-state index is -1.03. The van der Waals surface area contributed by atoms with E-state index in [4.69, 9.17) is 4.74 Å². The second kappa shape index (κ2) is 10.5. The number of aromatic nitrogens is 1. The van der Waals surface area contributed by atoms with Crippen molar-refractivity contribution in [1.82, 2.24) is 15.2 Å². The maximum absolute atomic E-state index is 13.4. The molecule has 0 unspecified atom stereocenters. The highest BCUT2D eigenvalue weighted by atomic mass is 19.1. The van der Waals surface area contributed by atoms with E-state index in [0.717, 1.165) is 29.7 Å². The molecule has 37 heavy (non-hydrogen) atoms. The number of hydrogen-bond donors (Lipinski definition) is 2. The SMILES string of the molecule is CC(C)(C)OC(=O)N1CCC(CC(=O)O)(NC(=O)c2ccc(C3CC3)c(Cc3ccc(F)cc3)n2)CC1. The molecule has 2 amide bonds. The van der Waals surface area contributed by atoms with Crippen molar-refractivity contribution in [3.8, 4) is 0 Å². The number of carbonyl (C=O) groups excluding carboxylic acids is 2. The molecule has 1 aromatic heterocycles. The van der Waals surface area contributed by atoms with Gasteiger partial charge in [0.05, 0.1) is 12.0 Å². The fourth-order valence-electron chi connectivity index (χ4n) is 4.73. The molecule has 1 aromatic carbocycles. The van der Waals surface area contributed by atoms with Crippen LogP contribution in [0.3, 0.4) is 0 Å². The molecule has 2 heterocycles. The first-order chi connectivity index (χ1) is 17.4. The van der Waals surface area contributed by atoms with Crippen LogP contribution in [-0.4, -0.2) is 57.2 Å². The summed E-state index contributed by atoms with van der Waals surface area (Å²) in [5.74, 6) is -1.38. The molecule has 1 aliphatic heterocycles. The number of likely N-dealkylation sites (tertiary alicyclic amines) is 1. The van der Waals surface area contributed by atoms with Gasteiger partial charge in [-0.05, 0) is 81.7 Å². The lowest BCUT2D eigenvalue weighted by molar-refractivity contribution is -0.139. The van der Waals surface area contributed by atoms with Gasteiger partial charge >= 0.3 is 12.1 Å². The summed E-state index contributed by atoms with van der Waals surface area (Å²) < 4.78 is 18.8. The molecule has 0 bridgehead atoms. The zero-order valence-electron chi connectivity index (χ0n) is 21.6. The van der Waals surface area contributed by atoms with Gasteiger partial charge in [0.15, 0.2) is 0 Å². The summed E-state index contributed by atoms with van der Waals surface area (Å²) in [5, 5.41) is 12.5. The van der Waals surface area contributed by atoms with Crippen molar-refractivity contribution in [1.29, 1.82) is 0 Å². The molecule has 1 saturated heterocycles. The van der Waals surface area contributed by atoms with Gasteiger partial charge < -0.3 is 20.1 Å². The zero-order chi connectivity index (χ0) is 26.8. The van der Waals surface area contributed by atoms with Crippen LogP contribution < -0.4 is 5.32 Å². The van der Waals surface area contributed by atoms with E-state index in [2.05, 4.69) is 10.3 Å².